The average Bonchev–Trinajstić information content (AvgIpc) is 3.16. The molecule has 3 aromatic rings. The van der Waals surface area contributed by atoms with E-state index in [1.807, 2.05) is 23.6 Å². The zero-order valence-electron chi connectivity index (χ0n) is 13.4. The smallest absolute Gasteiger partial charge is 0.264 e. The SMILES string of the molecule is N#Cc1ccc(CN(Cc2cccc(F)c2)C(=O)c2cccs2)cc1. The van der Waals surface area contributed by atoms with Gasteiger partial charge < -0.3 is 4.90 Å². The number of hydrogen-bond donors (Lipinski definition) is 0. The first kappa shape index (κ1) is 16.9. The second kappa shape index (κ2) is 7.73. The van der Waals surface area contributed by atoms with E-state index in [9.17, 15) is 9.18 Å². The number of thiophene rings is 1. The molecule has 2 aromatic carbocycles. The third kappa shape index (κ3) is 4.31. The van der Waals surface area contributed by atoms with E-state index in [-0.39, 0.29) is 11.7 Å². The molecular formula is C20H15FN2OS. The molecule has 0 fully saturated rings. The van der Waals surface area contributed by atoms with Gasteiger partial charge >= 0.3 is 0 Å². The fourth-order valence-electron chi connectivity index (χ4n) is 2.52. The molecule has 3 rings (SSSR count). The fraction of sp³-hybridized carbons (Fsp3) is 0.100. The normalized spacial score (nSPS) is 10.2. The van der Waals surface area contributed by atoms with Crippen molar-refractivity contribution in [3.63, 3.8) is 0 Å². The number of carbonyl (C=O) groups is 1. The minimum Gasteiger partial charge on any atom is -0.329 e. The van der Waals surface area contributed by atoms with Crippen LogP contribution in [0.5, 0.6) is 0 Å². The number of nitrogens with zero attached hydrogens (tertiary/aromatic N) is 2. The van der Waals surface area contributed by atoms with Crippen LogP contribution >= 0.6 is 11.3 Å². The van der Waals surface area contributed by atoms with Crippen LogP contribution in [0.1, 0.15) is 26.4 Å². The lowest BCUT2D eigenvalue weighted by atomic mass is 10.1. The third-order valence-corrected chi connectivity index (χ3v) is 4.60. The lowest BCUT2D eigenvalue weighted by molar-refractivity contribution is 0.0735. The zero-order chi connectivity index (χ0) is 17.6. The molecular weight excluding hydrogens is 335 g/mol. The summed E-state index contributed by atoms with van der Waals surface area (Å²) in [5.74, 6) is -0.414. The molecule has 1 amide bonds. The molecule has 0 radical (unpaired) electrons. The highest BCUT2D eigenvalue weighted by Crippen LogP contribution is 2.18. The molecule has 0 saturated carbocycles. The summed E-state index contributed by atoms with van der Waals surface area (Å²) in [5.41, 5.74) is 2.23. The van der Waals surface area contributed by atoms with Gasteiger partial charge in [-0.2, -0.15) is 5.26 Å². The van der Waals surface area contributed by atoms with Crippen LogP contribution in [-0.2, 0) is 13.1 Å². The second-order valence-electron chi connectivity index (χ2n) is 5.58. The monoisotopic (exact) mass is 350 g/mol. The summed E-state index contributed by atoms with van der Waals surface area (Å²) in [5, 5.41) is 10.8. The van der Waals surface area contributed by atoms with E-state index in [0.717, 1.165) is 11.1 Å². The number of carbonyl (C=O) groups excluding carboxylic acids is 1. The van der Waals surface area contributed by atoms with Crippen molar-refractivity contribution < 1.29 is 9.18 Å². The Morgan fingerprint density at radius 3 is 2.44 bits per heavy atom. The number of benzene rings is 2. The van der Waals surface area contributed by atoms with Crippen molar-refractivity contribution in [3.8, 4) is 6.07 Å². The summed E-state index contributed by atoms with van der Waals surface area (Å²) in [4.78, 5) is 15.1. The summed E-state index contributed by atoms with van der Waals surface area (Å²) < 4.78 is 13.5. The van der Waals surface area contributed by atoms with E-state index in [4.69, 9.17) is 5.26 Å². The fourth-order valence-corrected chi connectivity index (χ4v) is 3.21. The number of hydrogen-bond acceptors (Lipinski definition) is 3. The maximum absolute atomic E-state index is 13.5. The molecule has 1 heterocycles. The highest BCUT2D eigenvalue weighted by Gasteiger charge is 2.18. The van der Waals surface area contributed by atoms with Gasteiger partial charge in [0, 0.05) is 13.1 Å². The maximum atomic E-state index is 13.5. The first-order chi connectivity index (χ1) is 12.2. The van der Waals surface area contributed by atoms with E-state index < -0.39 is 0 Å². The minimum atomic E-state index is -0.320. The molecule has 0 N–H and O–H groups in total. The first-order valence-corrected chi connectivity index (χ1v) is 8.60. The van der Waals surface area contributed by atoms with Crippen LogP contribution < -0.4 is 0 Å². The van der Waals surface area contributed by atoms with Gasteiger partial charge in [-0.25, -0.2) is 4.39 Å². The van der Waals surface area contributed by atoms with E-state index in [0.29, 0.717) is 23.5 Å². The van der Waals surface area contributed by atoms with Crippen molar-refractivity contribution in [2.24, 2.45) is 0 Å². The molecule has 0 unspecified atom stereocenters. The summed E-state index contributed by atoms with van der Waals surface area (Å²) in [7, 11) is 0. The Bertz CT molecular complexity index is 898. The van der Waals surface area contributed by atoms with Crippen LogP contribution in [0.15, 0.2) is 66.0 Å². The van der Waals surface area contributed by atoms with Crippen molar-refractivity contribution >= 4 is 17.2 Å². The van der Waals surface area contributed by atoms with Crippen molar-refractivity contribution in [3.05, 3.63) is 93.4 Å². The van der Waals surface area contributed by atoms with Crippen molar-refractivity contribution in [1.29, 1.82) is 5.26 Å². The second-order valence-corrected chi connectivity index (χ2v) is 6.52. The standard InChI is InChI=1S/C20H15FN2OS/c21-18-4-1-3-17(11-18)14-23(20(24)19-5-2-10-25-19)13-16-8-6-15(12-22)7-9-16/h1-11H,13-14H2. The van der Waals surface area contributed by atoms with E-state index >= 15 is 0 Å². The van der Waals surface area contributed by atoms with Gasteiger partial charge in [-0.1, -0.05) is 30.3 Å². The van der Waals surface area contributed by atoms with Gasteiger partial charge in [-0.05, 0) is 46.8 Å². The van der Waals surface area contributed by atoms with Gasteiger partial charge in [0.05, 0.1) is 16.5 Å². The molecule has 1 aromatic heterocycles. The van der Waals surface area contributed by atoms with Gasteiger partial charge in [-0.3, -0.25) is 4.79 Å². The molecule has 124 valence electrons. The predicted molar refractivity (Wildman–Crippen MR) is 95.5 cm³/mol. The van der Waals surface area contributed by atoms with E-state index in [1.165, 1.54) is 23.5 Å². The van der Waals surface area contributed by atoms with Crippen molar-refractivity contribution in [2.45, 2.75) is 13.1 Å². The molecule has 0 spiro atoms. The maximum Gasteiger partial charge on any atom is 0.264 e. The molecule has 0 aliphatic rings. The summed E-state index contributed by atoms with van der Waals surface area (Å²) in [6.45, 7) is 0.702. The molecule has 0 saturated heterocycles. The molecule has 0 atom stereocenters. The van der Waals surface area contributed by atoms with Crippen LogP contribution in [0.4, 0.5) is 4.39 Å². The Hall–Kier alpha value is -2.97. The van der Waals surface area contributed by atoms with Crippen molar-refractivity contribution in [1.82, 2.24) is 4.90 Å². The topological polar surface area (TPSA) is 44.1 Å². The molecule has 3 nitrogen and oxygen atoms in total. The summed E-state index contributed by atoms with van der Waals surface area (Å²) >= 11 is 1.38. The number of halogens is 1. The Morgan fingerprint density at radius 1 is 1.04 bits per heavy atom. The van der Waals surface area contributed by atoms with Crippen LogP contribution in [0.2, 0.25) is 0 Å². The minimum absolute atomic E-state index is 0.0939. The first-order valence-electron chi connectivity index (χ1n) is 7.72. The number of nitriles is 1. The van der Waals surface area contributed by atoms with Gasteiger partial charge in [-0.15, -0.1) is 11.3 Å². The molecule has 25 heavy (non-hydrogen) atoms. The van der Waals surface area contributed by atoms with Crippen LogP contribution in [0.3, 0.4) is 0 Å². The quantitative estimate of drug-likeness (QED) is 0.675. The van der Waals surface area contributed by atoms with Crippen LogP contribution in [0, 0.1) is 17.1 Å². The van der Waals surface area contributed by atoms with Crippen LogP contribution in [0.25, 0.3) is 0 Å². The Kier molecular flexibility index (Phi) is 5.22. The van der Waals surface area contributed by atoms with Crippen LogP contribution in [-0.4, -0.2) is 10.8 Å². The average molecular weight is 350 g/mol. The lowest BCUT2D eigenvalue weighted by Gasteiger charge is -2.22. The summed E-state index contributed by atoms with van der Waals surface area (Å²) in [6, 6.07) is 19.1. The largest absolute Gasteiger partial charge is 0.329 e. The molecule has 0 aliphatic carbocycles. The zero-order valence-corrected chi connectivity index (χ0v) is 14.2. The Morgan fingerprint density at radius 2 is 1.80 bits per heavy atom. The predicted octanol–water partition coefficient (Wildman–Crippen LogP) is 4.60. The van der Waals surface area contributed by atoms with Gasteiger partial charge in [0.25, 0.3) is 5.91 Å². The van der Waals surface area contributed by atoms with Gasteiger partial charge in [0.15, 0.2) is 0 Å². The summed E-state index contributed by atoms with van der Waals surface area (Å²) in [6.07, 6.45) is 0. The molecule has 0 aliphatic heterocycles. The number of amides is 1. The Balaban J connectivity index is 1.85. The van der Waals surface area contributed by atoms with E-state index in [1.54, 1.807) is 35.2 Å². The third-order valence-electron chi connectivity index (χ3n) is 3.74. The molecule has 5 heteroatoms. The van der Waals surface area contributed by atoms with Gasteiger partial charge in [0.2, 0.25) is 0 Å². The highest BCUT2D eigenvalue weighted by atomic mass is 32.1. The van der Waals surface area contributed by atoms with Crippen molar-refractivity contribution in [2.75, 3.05) is 0 Å². The molecule has 0 bridgehead atoms. The lowest BCUT2D eigenvalue weighted by Crippen LogP contribution is -2.29. The van der Waals surface area contributed by atoms with E-state index in [2.05, 4.69) is 6.07 Å². The number of rotatable bonds is 5. The Labute approximate surface area is 149 Å². The highest BCUT2D eigenvalue weighted by molar-refractivity contribution is 7.12. The van der Waals surface area contributed by atoms with Gasteiger partial charge in [0.1, 0.15) is 5.82 Å².